The molecule has 92 valence electrons. The van der Waals surface area contributed by atoms with Crippen molar-refractivity contribution < 1.29 is 9.90 Å². The Bertz CT molecular complexity index is 431. The van der Waals surface area contributed by atoms with E-state index in [9.17, 15) is 9.90 Å². The molecule has 0 radical (unpaired) electrons. The number of aliphatic hydroxyl groups is 1. The second-order valence-electron chi connectivity index (χ2n) is 4.76. The van der Waals surface area contributed by atoms with Gasteiger partial charge in [-0.3, -0.25) is 4.79 Å². The predicted octanol–water partition coefficient (Wildman–Crippen LogP) is 2.18. The molecule has 0 aliphatic heterocycles. The molecule has 1 aromatic carbocycles. The van der Waals surface area contributed by atoms with Crippen molar-refractivity contribution in [3.8, 4) is 0 Å². The lowest BCUT2D eigenvalue weighted by atomic mass is 9.92. The van der Waals surface area contributed by atoms with Crippen LogP contribution in [-0.2, 0) is 10.3 Å². The molecule has 0 spiro atoms. The van der Waals surface area contributed by atoms with Gasteiger partial charge < -0.3 is 10.4 Å². The fourth-order valence-electron chi connectivity index (χ4n) is 1.75. The van der Waals surface area contributed by atoms with Crippen molar-refractivity contribution in [1.82, 2.24) is 5.32 Å². The number of amides is 1. The van der Waals surface area contributed by atoms with Gasteiger partial charge in [0, 0.05) is 10.4 Å². The number of carbonyl (C=O) groups is 1. The van der Waals surface area contributed by atoms with Crippen molar-refractivity contribution in [1.29, 1.82) is 0 Å². The SMILES string of the molecule is CC(CO)(NC(=O)C1CC1)c1cccc(Br)c1. The third-order valence-corrected chi connectivity index (χ3v) is 3.62. The summed E-state index contributed by atoms with van der Waals surface area (Å²) < 4.78 is 0.940. The Hall–Kier alpha value is -0.870. The molecule has 1 atom stereocenters. The van der Waals surface area contributed by atoms with Crippen molar-refractivity contribution in [2.45, 2.75) is 25.3 Å². The second-order valence-corrected chi connectivity index (χ2v) is 5.68. The van der Waals surface area contributed by atoms with E-state index in [1.54, 1.807) is 0 Å². The lowest BCUT2D eigenvalue weighted by Crippen LogP contribution is -2.47. The van der Waals surface area contributed by atoms with Crippen LogP contribution in [0.1, 0.15) is 25.3 Å². The normalized spacial score (nSPS) is 18.5. The first-order valence-electron chi connectivity index (χ1n) is 5.74. The van der Waals surface area contributed by atoms with Crippen LogP contribution < -0.4 is 5.32 Å². The molecular formula is C13H16BrNO2. The minimum absolute atomic E-state index is 0.0431. The van der Waals surface area contributed by atoms with Crippen LogP contribution in [0.25, 0.3) is 0 Å². The highest BCUT2D eigenvalue weighted by Crippen LogP contribution is 2.31. The van der Waals surface area contributed by atoms with Crippen molar-refractivity contribution >= 4 is 21.8 Å². The molecule has 17 heavy (non-hydrogen) atoms. The topological polar surface area (TPSA) is 49.3 Å². The van der Waals surface area contributed by atoms with E-state index in [0.717, 1.165) is 22.9 Å². The van der Waals surface area contributed by atoms with Crippen molar-refractivity contribution in [2.75, 3.05) is 6.61 Å². The highest BCUT2D eigenvalue weighted by atomic mass is 79.9. The number of halogens is 1. The average Bonchev–Trinajstić information content (AvgIpc) is 3.12. The number of hydrogen-bond donors (Lipinski definition) is 2. The summed E-state index contributed by atoms with van der Waals surface area (Å²) in [7, 11) is 0. The van der Waals surface area contributed by atoms with E-state index < -0.39 is 5.54 Å². The summed E-state index contributed by atoms with van der Waals surface area (Å²) in [5.41, 5.74) is 0.201. The van der Waals surface area contributed by atoms with E-state index in [-0.39, 0.29) is 18.4 Å². The summed E-state index contributed by atoms with van der Waals surface area (Å²) in [5.74, 6) is 0.189. The van der Waals surface area contributed by atoms with Gasteiger partial charge in [0.1, 0.15) is 0 Å². The Labute approximate surface area is 109 Å². The highest BCUT2D eigenvalue weighted by molar-refractivity contribution is 9.10. The van der Waals surface area contributed by atoms with Gasteiger partial charge in [-0.25, -0.2) is 0 Å². The molecule has 0 saturated heterocycles. The number of hydrogen-bond acceptors (Lipinski definition) is 2. The molecule has 1 aliphatic rings. The Kier molecular flexibility index (Phi) is 3.54. The van der Waals surface area contributed by atoms with Crippen LogP contribution in [0, 0.1) is 5.92 Å². The summed E-state index contributed by atoms with van der Waals surface area (Å²) in [6.07, 6.45) is 1.93. The van der Waals surface area contributed by atoms with Gasteiger partial charge in [0.25, 0.3) is 0 Å². The largest absolute Gasteiger partial charge is 0.394 e. The molecule has 1 aliphatic carbocycles. The van der Waals surface area contributed by atoms with Crippen molar-refractivity contribution in [2.24, 2.45) is 5.92 Å². The van der Waals surface area contributed by atoms with Crippen LogP contribution in [0.3, 0.4) is 0 Å². The number of benzene rings is 1. The molecule has 1 aromatic rings. The van der Waals surface area contributed by atoms with E-state index >= 15 is 0 Å². The molecule has 4 heteroatoms. The van der Waals surface area contributed by atoms with Gasteiger partial charge in [-0.2, -0.15) is 0 Å². The number of carbonyl (C=O) groups excluding carboxylic acids is 1. The van der Waals surface area contributed by atoms with Gasteiger partial charge in [0.2, 0.25) is 5.91 Å². The highest BCUT2D eigenvalue weighted by Gasteiger charge is 2.35. The molecule has 1 saturated carbocycles. The smallest absolute Gasteiger partial charge is 0.223 e. The standard InChI is InChI=1S/C13H16BrNO2/c1-13(8-16,15-12(17)9-5-6-9)10-3-2-4-11(14)7-10/h2-4,7,9,16H,5-6,8H2,1H3,(H,15,17). The van der Waals surface area contributed by atoms with E-state index in [0.29, 0.717) is 0 Å². The van der Waals surface area contributed by atoms with Gasteiger partial charge in [0.05, 0.1) is 12.1 Å². The molecule has 0 aromatic heterocycles. The predicted molar refractivity (Wildman–Crippen MR) is 69.4 cm³/mol. The third-order valence-electron chi connectivity index (χ3n) is 3.13. The van der Waals surface area contributed by atoms with Gasteiger partial charge >= 0.3 is 0 Å². The number of aliphatic hydroxyl groups excluding tert-OH is 1. The van der Waals surface area contributed by atoms with E-state index in [2.05, 4.69) is 21.2 Å². The van der Waals surface area contributed by atoms with Crippen LogP contribution >= 0.6 is 15.9 Å². The Balaban J connectivity index is 2.20. The molecule has 1 unspecified atom stereocenters. The zero-order valence-electron chi connectivity index (χ0n) is 9.74. The molecule has 2 rings (SSSR count). The second kappa shape index (κ2) is 4.78. The van der Waals surface area contributed by atoms with Crippen LogP contribution in [0.2, 0.25) is 0 Å². The molecule has 0 heterocycles. The van der Waals surface area contributed by atoms with E-state index in [1.807, 2.05) is 31.2 Å². The summed E-state index contributed by atoms with van der Waals surface area (Å²) in [5, 5.41) is 12.5. The van der Waals surface area contributed by atoms with Crippen LogP contribution in [0.4, 0.5) is 0 Å². The van der Waals surface area contributed by atoms with Crippen molar-refractivity contribution in [3.63, 3.8) is 0 Å². The van der Waals surface area contributed by atoms with E-state index in [1.165, 1.54) is 0 Å². The van der Waals surface area contributed by atoms with Gasteiger partial charge in [0.15, 0.2) is 0 Å². The lowest BCUT2D eigenvalue weighted by molar-refractivity contribution is -0.124. The summed E-state index contributed by atoms with van der Waals surface area (Å²) in [6, 6.07) is 7.65. The monoisotopic (exact) mass is 297 g/mol. The first kappa shape index (κ1) is 12.6. The van der Waals surface area contributed by atoms with Gasteiger partial charge in [-0.15, -0.1) is 0 Å². The fraction of sp³-hybridized carbons (Fsp3) is 0.462. The maximum atomic E-state index is 11.8. The van der Waals surface area contributed by atoms with Crippen molar-refractivity contribution in [3.05, 3.63) is 34.3 Å². The van der Waals surface area contributed by atoms with Crippen LogP contribution in [0.5, 0.6) is 0 Å². The maximum absolute atomic E-state index is 11.8. The zero-order chi connectivity index (χ0) is 12.5. The summed E-state index contributed by atoms with van der Waals surface area (Å²) in [6.45, 7) is 1.73. The summed E-state index contributed by atoms with van der Waals surface area (Å²) >= 11 is 3.40. The van der Waals surface area contributed by atoms with Crippen LogP contribution in [0.15, 0.2) is 28.7 Å². The number of rotatable bonds is 4. The lowest BCUT2D eigenvalue weighted by Gasteiger charge is -2.29. The first-order chi connectivity index (χ1) is 8.05. The quantitative estimate of drug-likeness (QED) is 0.895. The maximum Gasteiger partial charge on any atom is 0.223 e. The van der Waals surface area contributed by atoms with Crippen LogP contribution in [-0.4, -0.2) is 17.6 Å². The Morgan fingerprint density at radius 3 is 2.82 bits per heavy atom. The fourth-order valence-corrected chi connectivity index (χ4v) is 2.15. The zero-order valence-corrected chi connectivity index (χ0v) is 11.3. The third kappa shape index (κ3) is 2.87. The van der Waals surface area contributed by atoms with E-state index in [4.69, 9.17) is 0 Å². The molecule has 1 amide bonds. The number of nitrogens with one attached hydrogen (secondary N) is 1. The Morgan fingerprint density at radius 1 is 1.59 bits per heavy atom. The Morgan fingerprint density at radius 2 is 2.29 bits per heavy atom. The molecular weight excluding hydrogens is 282 g/mol. The summed E-state index contributed by atoms with van der Waals surface area (Å²) in [4.78, 5) is 11.8. The van der Waals surface area contributed by atoms with Gasteiger partial charge in [-0.05, 0) is 37.5 Å². The molecule has 2 N–H and O–H groups in total. The molecule has 1 fully saturated rings. The minimum atomic E-state index is -0.705. The minimum Gasteiger partial charge on any atom is -0.394 e. The van der Waals surface area contributed by atoms with Gasteiger partial charge in [-0.1, -0.05) is 28.1 Å². The first-order valence-corrected chi connectivity index (χ1v) is 6.53. The average molecular weight is 298 g/mol. The molecule has 0 bridgehead atoms. The molecule has 3 nitrogen and oxygen atoms in total.